The van der Waals surface area contributed by atoms with E-state index in [0.29, 0.717) is 27.7 Å². The minimum Gasteiger partial charge on any atom is -0.372 e. The Morgan fingerprint density at radius 2 is 1.79 bits per heavy atom. The molecule has 3 N–H and O–H groups in total. The number of fused-ring (bicyclic) bond motifs is 2. The van der Waals surface area contributed by atoms with Gasteiger partial charge in [-0.15, -0.1) is 11.3 Å². The topological polar surface area (TPSA) is 91.8 Å². The van der Waals surface area contributed by atoms with Gasteiger partial charge < -0.3 is 16.0 Å². The van der Waals surface area contributed by atoms with Crippen LogP contribution in [0.2, 0.25) is 5.02 Å². The van der Waals surface area contributed by atoms with Crippen molar-refractivity contribution in [2.45, 2.75) is 6.92 Å². The number of pyridine rings is 1. The van der Waals surface area contributed by atoms with Gasteiger partial charge in [-0.3, -0.25) is 4.79 Å². The fraction of sp³-hybridized carbons (Fsp3) is 0.0833. The molecule has 0 aliphatic rings. The molecule has 5 rings (SSSR count). The number of thiophene rings is 1. The summed E-state index contributed by atoms with van der Waals surface area (Å²) < 4.78 is 0.846. The number of aryl methyl sites for hydroxylation is 1. The van der Waals surface area contributed by atoms with Crippen molar-refractivity contribution in [2.24, 2.45) is 0 Å². The maximum absolute atomic E-state index is 13.3. The Bertz CT molecular complexity index is 1500. The van der Waals surface area contributed by atoms with E-state index in [1.54, 1.807) is 13.2 Å². The Hall–Kier alpha value is -3.75. The zero-order valence-electron chi connectivity index (χ0n) is 17.8. The molecule has 0 saturated heterocycles. The molecule has 9 heteroatoms. The van der Waals surface area contributed by atoms with Crippen molar-refractivity contribution < 1.29 is 4.79 Å². The summed E-state index contributed by atoms with van der Waals surface area (Å²) >= 11 is 7.44. The molecule has 3 aromatic heterocycles. The molecule has 0 saturated carbocycles. The number of carbonyl (C=O) groups excluding carboxylic acids is 1. The van der Waals surface area contributed by atoms with Crippen LogP contribution < -0.4 is 16.0 Å². The third-order valence-electron chi connectivity index (χ3n) is 5.33. The number of hydrogen-bond acceptors (Lipinski definition) is 7. The first-order chi connectivity index (χ1) is 16.0. The van der Waals surface area contributed by atoms with Crippen molar-refractivity contribution in [1.29, 1.82) is 0 Å². The second kappa shape index (κ2) is 8.65. The van der Waals surface area contributed by atoms with Crippen LogP contribution in [-0.4, -0.2) is 27.9 Å². The van der Waals surface area contributed by atoms with Crippen LogP contribution in [0, 0.1) is 6.92 Å². The van der Waals surface area contributed by atoms with Crippen molar-refractivity contribution in [3.8, 4) is 0 Å². The minimum atomic E-state index is -0.221. The molecule has 3 heterocycles. The Kier molecular flexibility index (Phi) is 5.53. The zero-order valence-corrected chi connectivity index (χ0v) is 19.4. The first-order valence-electron chi connectivity index (χ1n) is 10.2. The van der Waals surface area contributed by atoms with E-state index in [4.69, 9.17) is 11.6 Å². The maximum atomic E-state index is 13.3. The second-order valence-corrected chi connectivity index (χ2v) is 8.71. The molecule has 0 unspecified atom stereocenters. The van der Waals surface area contributed by atoms with Gasteiger partial charge in [0.25, 0.3) is 5.91 Å². The Balaban J connectivity index is 1.53. The summed E-state index contributed by atoms with van der Waals surface area (Å²) in [6.07, 6.45) is 3.18. The van der Waals surface area contributed by atoms with Gasteiger partial charge >= 0.3 is 0 Å². The standard InChI is InChI=1S/C24H19ClN6OS/c1-13-3-8-17-16(9-10-27-22(17)30-15-6-4-14(25)5-7-15)19(13)31-24(32)18-11-33-21-20(18)28-12-29-23(21)26-2/h3-12H,1-2H3,(H,27,30)(H,31,32)(H,26,28,29). The van der Waals surface area contributed by atoms with Crippen LogP contribution in [0.5, 0.6) is 0 Å². The smallest absolute Gasteiger partial charge is 0.258 e. The summed E-state index contributed by atoms with van der Waals surface area (Å²) in [4.78, 5) is 26.3. The number of rotatable bonds is 5. The van der Waals surface area contributed by atoms with Gasteiger partial charge in [0.05, 0.1) is 21.5 Å². The highest BCUT2D eigenvalue weighted by Gasteiger charge is 2.18. The molecule has 0 aliphatic heterocycles. The zero-order chi connectivity index (χ0) is 22.9. The van der Waals surface area contributed by atoms with Gasteiger partial charge in [-0.05, 0) is 42.8 Å². The summed E-state index contributed by atoms with van der Waals surface area (Å²) in [5.74, 6) is 1.17. The van der Waals surface area contributed by atoms with E-state index in [1.807, 2.05) is 54.8 Å². The lowest BCUT2D eigenvalue weighted by atomic mass is 10.0. The lowest BCUT2D eigenvalue weighted by Crippen LogP contribution is -2.13. The molecular weight excluding hydrogens is 456 g/mol. The molecule has 1 amide bonds. The highest BCUT2D eigenvalue weighted by Crippen LogP contribution is 2.34. The average Bonchev–Trinajstić information content (AvgIpc) is 3.27. The largest absolute Gasteiger partial charge is 0.372 e. The van der Waals surface area contributed by atoms with Gasteiger partial charge in [-0.2, -0.15) is 0 Å². The fourth-order valence-electron chi connectivity index (χ4n) is 3.67. The lowest BCUT2D eigenvalue weighted by Gasteiger charge is -2.14. The number of carbonyl (C=O) groups is 1. The Morgan fingerprint density at radius 3 is 2.58 bits per heavy atom. The molecule has 0 radical (unpaired) electrons. The van der Waals surface area contributed by atoms with Crippen molar-refractivity contribution in [3.05, 3.63) is 76.5 Å². The van der Waals surface area contributed by atoms with Crippen molar-refractivity contribution in [2.75, 3.05) is 23.0 Å². The predicted octanol–water partition coefficient (Wildman–Crippen LogP) is 6.24. The second-order valence-electron chi connectivity index (χ2n) is 7.40. The van der Waals surface area contributed by atoms with Crippen LogP contribution in [0.3, 0.4) is 0 Å². The first-order valence-corrected chi connectivity index (χ1v) is 11.4. The van der Waals surface area contributed by atoms with Gasteiger partial charge in [-0.1, -0.05) is 23.7 Å². The molecule has 164 valence electrons. The van der Waals surface area contributed by atoms with Crippen LogP contribution in [0.25, 0.3) is 21.0 Å². The van der Waals surface area contributed by atoms with Gasteiger partial charge in [0.1, 0.15) is 18.0 Å². The minimum absolute atomic E-state index is 0.221. The fourth-order valence-corrected chi connectivity index (χ4v) is 4.79. The van der Waals surface area contributed by atoms with E-state index in [1.165, 1.54) is 17.7 Å². The van der Waals surface area contributed by atoms with Crippen LogP contribution in [0.15, 0.2) is 60.4 Å². The van der Waals surface area contributed by atoms with Crippen LogP contribution in [0.4, 0.5) is 23.0 Å². The number of nitrogens with one attached hydrogen (secondary N) is 3. The average molecular weight is 475 g/mol. The first kappa shape index (κ1) is 21.1. The van der Waals surface area contributed by atoms with Gasteiger partial charge in [0, 0.05) is 40.1 Å². The molecular formula is C24H19ClN6OS. The normalized spacial score (nSPS) is 11.0. The summed E-state index contributed by atoms with van der Waals surface area (Å²) in [5, 5.41) is 13.7. The number of nitrogens with zero attached hydrogens (tertiary/aromatic N) is 3. The maximum Gasteiger partial charge on any atom is 0.258 e. The number of hydrogen-bond donors (Lipinski definition) is 3. The molecule has 33 heavy (non-hydrogen) atoms. The highest BCUT2D eigenvalue weighted by molar-refractivity contribution is 7.18. The predicted molar refractivity (Wildman–Crippen MR) is 136 cm³/mol. The van der Waals surface area contributed by atoms with Crippen molar-refractivity contribution in [3.63, 3.8) is 0 Å². The van der Waals surface area contributed by atoms with E-state index >= 15 is 0 Å². The van der Waals surface area contributed by atoms with Crippen LogP contribution >= 0.6 is 22.9 Å². The Morgan fingerprint density at radius 1 is 0.970 bits per heavy atom. The molecule has 7 nitrogen and oxygen atoms in total. The van der Waals surface area contributed by atoms with Crippen molar-refractivity contribution in [1.82, 2.24) is 15.0 Å². The number of benzene rings is 2. The number of anilines is 4. The summed E-state index contributed by atoms with van der Waals surface area (Å²) in [7, 11) is 1.80. The molecule has 5 aromatic rings. The lowest BCUT2D eigenvalue weighted by molar-refractivity contribution is 0.102. The van der Waals surface area contributed by atoms with E-state index in [9.17, 15) is 4.79 Å². The molecule has 2 aromatic carbocycles. The third kappa shape index (κ3) is 3.94. The van der Waals surface area contributed by atoms with E-state index in [2.05, 4.69) is 30.9 Å². The van der Waals surface area contributed by atoms with E-state index < -0.39 is 0 Å². The highest BCUT2D eigenvalue weighted by atomic mass is 35.5. The van der Waals surface area contributed by atoms with E-state index in [0.717, 1.165) is 32.4 Å². The summed E-state index contributed by atoms with van der Waals surface area (Å²) in [6, 6.07) is 13.3. The van der Waals surface area contributed by atoms with Crippen molar-refractivity contribution >= 4 is 72.8 Å². The SMILES string of the molecule is CNc1ncnc2c(C(=O)Nc3c(C)ccc4c(Nc5ccc(Cl)cc5)nccc34)csc12. The molecule has 0 bridgehead atoms. The summed E-state index contributed by atoms with van der Waals surface area (Å²) in [5.41, 5.74) is 3.70. The van der Waals surface area contributed by atoms with Gasteiger partial charge in [0.2, 0.25) is 0 Å². The molecule has 0 atom stereocenters. The molecule has 0 aliphatic carbocycles. The van der Waals surface area contributed by atoms with Gasteiger partial charge in [-0.25, -0.2) is 15.0 Å². The third-order valence-corrected chi connectivity index (χ3v) is 6.56. The monoisotopic (exact) mass is 474 g/mol. The number of aromatic nitrogens is 3. The summed E-state index contributed by atoms with van der Waals surface area (Å²) in [6.45, 7) is 1.97. The van der Waals surface area contributed by atoms with E-state index in [-0.39, 0.29) is 5.91 Å². The quantitative estimate of drug-likeness (QED) is 0.279. The Labute approximate surface area is 198 Å². The molecule has 0 spiro atoms. The molecule has 0 fully saturated rings. The van der Waals surface area contributed by atoms with Crippen LogP contribution in [0.1, 0.15) is 15.9 Å². The number of amides is 1. The van der Waals surface area contributed by atoms with Crippen LogP contribution in [-0.2, 0) is 0 Å². The number of halogens is 1. The van der Waals surface area contributed by atoms with Gasteiger partial charge in [0.15, 0.2) is 0 Å².